The molecule has 0 radical (unpaired) electrons. The molecule has 0 saturated carbocycles. The van der Waals surface area contributed by atoms with Crippen LogP contribution in [0.1, 0.15) is 19.7 Å². The number of amides is 1. The summed E-state index contributed by atoms with van der Waals surface area (Å²) in [5.41, 5.74) is 1.09. The van der Waals surface area contributed by atoms with E-state index >= 15 is 0 Å². The Kier molecular flexibility index (Phi) is 4.35. The minimum atomic E-state index is -0.314. The first-order valence-electron chi connectivity index (χ1n) is 7.82. The smallest absolute Gasteiger partial charge is 0.294 e. The molecule has 126 valence electrons. The van der Waals surface area contributed by atoms with E-state index in [4.69, 9.17) is 4.42 Å². The third-order valence-corrected chi connectivity index (χ3v) is 3.56. The normalized spacial score (nSPS) is 11.7. The number of H-pyrrole nitrogens is 1. The van der Waals surface area contributed by atoms with E-state index in [-0.39, 0.29) is 29.6 Å². The highest BCUT2D eigenvalue weighted by molar-refractivity contribution is 6.01. The second-order valence-corrected chi connectivity index (χ2v) is 6.18. The van der Waals surface area contributed by atoms with Gasteiger partial charge in [0.1, 0.15) is 16.9 Å². The van der Waals surface area contributed by atoms with E-state index in [2.05, 4.69) is 15.3 Å². The summed E-state index contributed by atoms with van der Waals surface area (Å²) >= 11 is 0. The number of fused-ring (bicyclic) bond motifs is 3. The van der Waals surface area contributed by atoms with E-state index in [1.807, 2.05) is 32.0 Å². The van der Waals surface area contributed by atoms with E-state index in [1.54, 1.807) is 18.0 Å². The van der Waals surface area contributed by atoms with Crippen molar-refractivity contribution in [2.24, 2.45) is 0 Å². The standard InChI is InChI=1S/C17H20N4O3/c1-10(2)18-14(22)9-21(3)8-13-19-15-11-6-4-5-7-12(11)24-16(15)17(23)20-13/h4-7,10H,8-9H2,1-3H3,(H,18,22)(H,19,20,23). The molecule has 0 saturated heterocycles. The van der Waals surface area contributed by atoms with E-state index in [9.17, 15) is 9.59 Å². The molecule has 0 spiro atoms. The monoisotopic (exact) mass is 328 g/mol. The van der Waals surface area contributed by atoms with Crippen molar-refractivity contribution in [1.82, 2.24) is 20.2 Å². The number of benzene rings is 1. The number of likely N-dealkylation sites (N-methyl/N-ethyl adjacent to an activating group) is 1. The molecular weight excluding hydrogens is 308 g/mol. The molecule has 0 aliphatic carbocycles. The molecule has 2 heterocycles. The van der Waals surface area contributed by atoms with E-state index in [1.165, 1.54) is 0 Å². The van der Waals surface area contributed by atoms with Gasteiger partial charge in [-0.1, -0.05) is 12.1 Å². The second-order valence-electron chi connectivity index (χ2n) is 6.18. The van der Waals surface area contributed by atoms with Crippen molar-refractivity contribution >= 4 is 28.0 Å². The van der Waals surface area contributed by atoms with Crippen LogP contribution < -0.4 is 10.9 Å². The van der Waals surface area contributed by atoms with Gasteiger partial charge in [-0.15, -0.1) is 0 Å². The first-order valence-corrected chi connectivity index (χ1v) is 7.82. The molecule has 3 rings (SSSR count). The highest BCUT2D eigenvalue weighted by Gasteiger charge is 2.14. The Morgan fingerprint density at radius 3 is 2.88 bits per heavy atom. The number of nitrogens with zero attached hydrogens (tertiary/aromatic N) is 2. The van der Waals surface area contributed by atoms with Crippen molar-refractivity contribution < 1.29 is 9.21 Å². The Morgan fingerprint density at radius 2 is 2.12 bits per heavy atom. The van der Waals surface area contributed by atoms with Gasteiger partial charge < -0.3 is 14.7 Å². The molecule has 2 N–H and O–H groups in total. The summed E-state index contributed by atoms with van der Waals surface area (Å²) in [5, 5.41) is 3.64. The summed E-state index contributed by atoms with van der Waals surface area (Å²) in [5.74, 6) is 0.434. The zero-order valence-corrected chi connectivity index (χ0v) is 13.9. The molecule has 0 bridgehead atoms. The lowest BCUT2D eigenvalue weighted by Crippen LogP contribution is -2.38. The van der Waals surface area contributed by atoms with Gasteiger partial charge in [0.25, 0.3) is 5.56 Å². The molecule has 0 atom stereocenters. The van der Waals surface area contributed by atoms with E-state index in [0.717, 1.165) is 5.39 Å². The number of rotatable bonds is 5. The van der Waals surface area contributed by atoms with E-state index < -0.39 is 0 Å². The average Bonchev–Trinajstić information content (AvgIpc) is 2.85. The summed E-state index contributed by atoms with van der Waals surface area (Å²) in [7, 11) is 1.80. The zero-order chi connectivity index (χ0) is 17.3. The summed E-state index contributed by atoms with van der Waals surface area (Å²) in [4.78, 5) is 33.1. The number of hydrogen-bond donors (Lipinski definition) is 2. The van der Waals surface area contributed by atoms with Crippen molar-refractivity contribution in [3.63, 3.8) is 0 Å². The van der Waals surface area contributed by atoms with E-state index in [0.29, 0.717) is 23.5 Å². The van der Waals surface area contributed by atoms with Gasteiger partial charge in [0, 0.05) is 11.4 Å². The minimum absolute atomic E-state index is 0.0651. The Morgan fingerprint density at radius 1 is 1.38 bits per heavy atom. The molecule has 3 aromatic rings. The fraction of sp³-hybridized carbons (Fsp3) is 0.353. The molecule has 0 unspecified atom stereocenters. The van der Waals surface area contributed by atoms with Crippen molar-refractivity contribution in [3.05, 3.63) is 40.4 Å². The molecule has 0 aliphatic rings. The Bertz CT molecular complexity index is 942. The van der Waals surface area contributed by atoms with Gasteiger partial charge in [0.2, 0.25) is 11.5 Å². The van der Waals surface area contributed by atoms with Crippen LogP contribution in [0.3, 0.4) is 0 Å². The topological polar surface area (TPSA) is 91.2 Å². The van der Waals surface area contributed by atoms with Crippen LogP contribution in [-0.2, 0) is 11.3 Å². The highest BCUT2D eigenvalue weighted by atomic mass is 16.3. The van der Waals surface area contributed by atoms with Gasteiger partial charge >= 0.3 is 0 Å². The van der Waals surface area contributed by atoms with Crippen LogP contribution in [0.25, 0.3) is 22.1 Å². The van der Waals surface area contributed by atoms with Gasteiger partial charge in [-0.3, -0.25) is 14.5 Å². The molecular formula is C17H20N4O3. The number of carbonyl (C=O) groups is 1. The van der Waals surface area contributed by atoms with Crippen molar-refractivity contribution in [2.75, 3.05) is 13.6 Å². The average molecular weight is 328 g/mol. The fourth-order valence-corrected chi connectivity index (χ4v) is 2.65. The molecule has 24 heavy (non-hydrogen) atoms. The molecule has 0 fully saturated rings. The summed E-state index contributed by atoms with van der Waals surface area (Å²) < 4.78 is 5.57. The number of aromatic amines is 1. The third-order valence-electron chi connectivity index (χ3n) is 3.56. The lowest BCUT2D eigenvalue weighted by atomic mass is 10.2. The number of aromatic nitrogens is 2. The molecule has 1 aromatic carbocycles. The largest absolute Gasteiger partial charge is 0.449 e. The maximum atomic E-state index is 12.2. The SMILES string of the molecule is CC(C)NC(=O)CN(C)Cc1nc2c(oc3ccccc32)c(=O)[nH]1. The molecule has 1 amide bonds. The Hall–Kier alpha value is -2.67. The van der Waals surface area contributed by atoms with Crippen LogP contribution in [0.5, 0.6) is 0 Å². The van der Waals surface area contributed by atoms with Gasteiger partial charge in [-0.05, 0) is 33.0 Å². The molecule has 7 heteroatoms. The van der Waals surface area contributed by atoms with Gasteiger partial charge in [0.15, 0.2) is 0 Å². The number of hydrogen-bond acceptors (Lipinski definition) is 5. The van der Waals surface area contributed by atoms with Gasteiger partial charge in [-0.25, -0.2) is 4.98 Å². The van der Waals surface area contributed by atoms with Crippen LogP contribution in [0.15, 0.2) is 33.5 Å². The third kappa shape index (κ3) is 3.30. The lowest BCUT2D eigenvalue weighted by molar-refractivity contribution is -0.122. The zero-order valence-electron chi connectivity index (χ0n) is 13.9. The predicted octanol–water partition coefficient (Wildman–Crippen LogP) is 1.63. The number of para-hydroxylation sites is 1. The van der Waals surface area contributed by atoms with Gasteiger partial charge in [-0.2, -0.15) is 0 Å². The van der Waals surface area contributed by atoms with Crippen LogP contribution in [0.4, 0.5) is 0 Å². The van der Waals surface area contributed by atoms with Crippen molar-refractivity contribution in [3.8, 4) is 0 Å². The second kappa shape index (κ2) is 6.45. The lowest BCUT2D eigenvalue weighted by Gasteiger charge is -2.16. The van der Waals surface area contributed by atoms with Crippen LogP contribution in [-0.4, -0.2) is 40.4 Å². The van der Waals surface area contributed by atoms with Crippen molar-refractivity contribution in [2.45, 2.75) is 26.4 Å². The van der Waals surface area contributed by atoms with Crippen LogP contribution in [0, 0.1) is 0 Å². The first-order chi connectivity index (χ1) is 11.4. The summed E-state index contributed by atoms with van der Waals surface area (Å²) in [6.45, 7) is 4.41. The number of carbonyl (C=O) groups excluding carboxylic acids is 1. The number of nitrogens with one attached hydrogen (secondary N) is 2. The predicted molar refractivity (Wildman–Crippen MR) is 91.7 cm³/mol. The molecule has 7 nitrogen and oxygen atoms in total. The molecule has 2 aromatic heterocycles. The summed E-state index contributed by atoms with van der Waals surface area (Å²) in [6, 6.07) is 7.50. The quantitative estimate of drug-likeness (QED) is 0.743. The maximum absolute atomic E-state index is 12.2. The number of furan rings is 1. The first kappa shape index (κ1) is 16.2. The minimum Gasteiger partial charge on any atom is -0.449 e. The van der Waals surface area contributed by atoms with Gasteiger partial charge in [0.05, 0.1) is 13.1 Å². The maximum Gasteiger partial charge on any atom is 0.294 e. The van der Waals surface area contributed by atoms with Crippen LogP contribution >= 0.6 is 0 Å². The highest BCUT2D eigenvalue weighted by Crippen LogP contribution is 2.24. The Balaban J connectivity index is 1.86. The summed E-state index contributed by atoms with van der Waals surface area (Å²) in [6.07, 6.45) is 0. The molecule has 0 aliphatic heterocycles. The fourth-order valence-electron chi connectivity index (χ4n) is 2.65. The van der Waals surface area contributed by atoms with Crippen molar-refractivity contribution in [1.29, 1.82) is 0 Å². The Labute approximate surface area is 138 Å². The van der Waals surface area contributed by atoms with Crippen LogP contribution in [0.2, 0.25) is 0 Å².